The van der Waals surface area contributed by atoms with E-state index in [2.05, 4.69) is 11.9 Å². The SMILES string of the molecule is CN(CCC(C)(N)CO)C1CCC1. The van der Waals surface area contributed by atoms with Crippen molar-refractivity contribution in [2.45, 2.75) is 44.2 Å². The van der Waals surface area contributed by atoms with E-state index in [1.807, 2.05) is 6.92 Å². The lowest BCUT2D eigenvalue weighted by Crippen LogP contribution is -2.45. The first-order chi connectivity index (χ1) is 6.05. The fourth-order valence-corrected chi connectivity index (χ4v) is 1.52. The molecule has 0 radical (unpaired) electrons. The fourth-order valence-electron chi connectivity index (χ4n) is 1.52. The van der Waals surface area contributed by atoms with Crippen LogP contribution < -0.4 is 5.73 Å². The largest absolute Gasteiger partial charge is 0.394 e. The summed E-state index contributed by atoms with van der Waals surface area (Å²) in [6.45, 7) is 2.98. The van der Waals surface area contributed by atoms with Crippen LogP contribution in [0.1, 0.15) is 32.6 Å². The Labute approximate surface area is 80.9 Å². The van der Waals surface area contributed by atoms with Crippen molar-refractivity contribution < 1.29 is 5.11 Å². The van der Waals surface area contributed by atoms with Crippen LogP contribution in [0.2, 0.25) is 0 Å². The zero-order chi connectivity index (χ0) is 9.90. The molecule has 1 atom stereocenters. The Morgan fingerprint density at radius 1 is 1.54 bits per heavy atom. The molecule has 13 heavy (non-hydrogen) atoms. The summed E-state index contributed by atoms with van der Waals surface area (Å²) in [7, 11) is 2.15. The normalized spacial score (nSPS) is 22.8. The third-order valence-electron chi connectivity index (χ3n) is 3.09. The molecule has 1 rings (SSSR count). The number of nitrogens with zero attached hydrogens (tertiary/aromatic N) is 1. The highest BCUT2D eigenvalue weighted by Crippen LogP contribution is 2.23. The molecule has 0 aliphatic heterocycles. The molecule has 0 aromatic carbocycles. The first-order valence-electron chi connectivity index (χ1n) is 5.15. The molecule has 0 spiro atoms. The Morgan fingerprint density at radius 3 is 2.54 bits per heavy atom. The van der Waals surface area contributed by atoms with Gasteiger partial charge < -0.3 is 15.7 Å². The van der Waals surface area contributed by atoms with Crippen LogP contribution in [0.15, 0.2) is 0 Å². The zero-order valence-corrected chi connectivity index (χ0v) is 8.79. The van der Waals surface area contributed by atoms with Gasteiger partial charge in [0.2, 0.25) is 0 Å². The predicted octanol–water partition coefficient (Wildman–Crippen LogP) is 0.571. The van der Waals surface area contributed by atoms with Crippen molar-refractivity contribution in [3.05, 3.63) is 0 Å². The third-order valence-corrected chi connectivity index (χ3v) is 3.09. The standard InChI is InChI=1S/C10H22N2O/c1-10(11,8-13)6-7-12(2)9-4-3-5-9/h9,13H,3-8,11H2,1-2H3. The second kappa shape index (κ2) is 4.40. The second-order valence-corrected chi connectivity index (χ2v) is 4.63. The molecule has 1 unspecified atom stereocenters. The number of aliphatic hydroxyl groups excluding tert-OH is 1. The van der Waals surface area contributed by atoms with Crippen LogP contribution in [0.3, 0.4) is 0 Å². The van der Waals surface area contributed by atoms with E-state index < -0.39 is 5.54 Å². The number of nitrogens with two attached hydrogens (primary N) is 1. The van der Waals surface area contributed by atoms with Gasteiger partial charge in [0.05, 0.1) is 6.61 Å². The van der Waals surface area contributed by atoms with Crippen LogP contribution in [0.4, 0.5) is 0 Å². The highest BCUT2D eigenvalue weighted by molar-refractivity contribution is 4.82. The van der Waals surface area contributed by atoms with Crippen molar-refractivity contribution in [1.82, 2.24) is 4.90 Å². The van der Waals surface area contributed by atoms with E-state index >= 15 is 0 Å². The fraction of sp³-hybridized carbons (Fsp3) is 1.00. The molecule has 3 heteroatoms. The molecular weight excluding hydrogens is 164 g/mol. The van der Waals surface area contributed by atoms with Gasteiger partial charge in [0.15, 0.2) is 0 Å². The Bertz CT molecular complexity index is 155. The summed E-state index contributed by atoms with van der Waals surface area (Å²) < 4.78 is 0. The van der Waals surface area contributed by atoms with Gasteiger partial charge in [0, 0.05) is 11.6 Å². The molecule has 0 bridgehead atoms. The van der Waals surface area contributed by atoms with Crippen LogP contribution in [0.25, 0.3) is 0 Å². The summed E-state index contributed by atoms with van der Waals surface area (Å²) in [5.41, 5.74) is 5.44. The van der Waals surface area contributed by atoms with Crippen LogP contribution in [0, 0.1) is 0 Å². The molecule has 78 valence electrons. The lowest BCUT2D eigenvalue weighted by Gasteiger charge is -2.36. The average molecular weight is 186 g/mol. The highest BCUT2D eigenvalue weighted by Gasteiger charge is 2.24. The first kappa shape index (κ1) is 11.0. The van der Waals surface area contributed by atoms with E-state index in [0.717, 1.165) is 19.0 Å². The predicted molar refractivity (Wildman–Crippen MR) is 54.6 cm³/mol. The molecule has 0 amide bonds. The lowest BCUT2D eigenvalue weighted by molar-refractivity contribution is 0.131. The minimum atomic E-state index is -0.405. The van der Waals surface area contributed by atoms with Gasteiger partial charge in [-0.15, -0.1) is 0 Å². The first-order valence-corrected chi connectivity index (χ1v) is 5.15. The van der Waals surface area contributed by atoms with E-state index in [4.69, 9.17) is 10.8 Å². The van der Waals surface area contributed by atoms with Gasteiger partial charge in [-0.1, -0.05) is 6.42 Å². The number of aliphatic hydroxyl groups is 1. The van der Waals surface area contributed by atoms with Crippen LogP contribution >= 0.6 is 0 Å². The van der Waals surface area contributed by atoms with Gasteiger partial charge in [0.25, 0.3) is 0 Å². The summed E-state index contributed by atoms with van der Waals surface area (Å²) >= 11 is 0. The van der Waals surface area contributed by atoms with E-state index in [9.17, 15) is 0 Å². The third kappa shape index (κ3) is 3.25. The molecule has 0 aromatic rings. The van der Waals surface area contributed by atoms with Gasteiger partial charge in [-0.25, -0.2) is 0 Å². The molecule has 3 N–H and O–H groups in total. The van der Waals surface area contributed by atoms with E-state index in [0.29, 0.717) is 0 Å². The summed E-state index contributed by atoms with van der Waals surface area (Å²) in [5, 5.41) is 8.97. The molecule has 3 nitrogen and oxygen atoms in total. The van der Waals surface area contributed by atoms with Gasteiger partial charge in [-0.2, -0.15) is 0 Å². The van der Waals surface area contributed by atoms with E-state index in [-0.39, 0.29) is 6.61 Å². The minimum Gasteiger partial charge on any atom is -0.394 e. The molecule has 0 heterocycles. The maximum absolute atomic E-state index is 8.97. The Balaban J connectivity index is 2.17. The van der Waals surface area contributed by atoms with Crippen molar-refractivity contribution in [2.24, 2.45) is 5.73 Å². The van der Waals surface area contributed by atoms with Crippen molar-refractivity contribution in [3.8, 4) is 0 Å². The van der Waals surface area contributed by atoms with Crippen LogP contribution in [-0.2, 0) is 0 Å². The van der Waals surface area contributed by atoms with Crippen molar-refractivity contribution in [2.75, 3.05) is 20.2 Å². The molecule has 1 aliphatic rings. The van der Waals surface area contributed by atoms with E-state index in [1.165, 1.54) is 19.3 Å². The molecular formula is C10H22N2O. The van der Waals surface area contributed by atoms with Crippen molar-refractivity contribution in [3.63, 3.8) is 0 Å². The van der Waals surface area contributed by atoms with Crippen molar-refractivity contribution in [1.29, 1.82) is 0 Å². The maximum Gasteiger partial charge on any atom is 0.0608 e. The Kier molecular flexibility index (Phi) is 3.71. The second-order valence-electron chi connectivity index (χ2n) is 4.63. The molecule has 0 aromatic heterocycles. The monoisotopic (exact) mass is 186 g/mol. The topological polar surface area (TPSA) is 49.5 Å². The molecule has 1 aliphatic carbocycles. The summed E-state index contributed by atoms with van der Waals surface area (Å²) in [4.78, 5) is 2.37. The summed E-state index contributed by atoms with van der Waals surface area (Å²) in [5.74, 6) is 0. The van der Waals surface area contributed by atoms with Crippen molar-refractivity contribution >= 4 is 0 Å². The summed E-state index contributed by atoms with van der Waals surface area (Å²) in [6.07, 6.45) is 4.90. The van der Waals surface area contributed by atoms with Gasteiger partial charge in [-0.3, -0.25) is 0 Å². The summed E-state index contributed by atoms with van der Waals surface area (Å²) in [6, 6.07) is 0.773. The van der Waals surface area contributed by atoms with Gasteiger partial charge in [0.1, 0.15) is 0 Å². The number of hydrogen-bond donors (Lipinski definition) is 2. The zero-order valence-electron chi connectivity index (χ0n) is 8.79. The molecule has 1 saturated carbocycles. The smallest absolute Gasteiger partial charge is 0.0608 e. The molecule has 1 fully saturated rings. The maximum atomic E-state index is 8.97. The average Bonchev–Trinajstić information content (AvgIpc) is 1.98. The number of hydrogen-bond acceptors (Lipinski definition) is 3. The number of rotatable bonds is 5. The quantitative estimate of drug-likeness (QED) is 0.660. The van der Waals surface area contributed by atoms with Crippen LogP contribution in [0.5, 0.6) is 0 Å². The van der Waals surface area contributed by atoms with Gasteiger partial charge in [-0.05, 0) is 39.8 Å². The highest BCUT2D eigenvalue weighted by atomic mass is 16.3. The molecule has 0 saturated heterocycles. The van der Waals surface area contributed by atoms with Crippen LogP contribution in [-0.4, -0.2) is 41.8 Å². The van der Waals surface area contributed by atoms with E-state index in [1.54, 1.807) is 0 Å². The minimum absolute atomic E-state index is 0.0749. The van der Waals surface area contributed by atoms with Gasteiger partial charge >= 0.3 is 0 Å². The Hall–Kier alpha value is -0.120. The Morgan fingerprint density at radius 2 is 2.15 bits per heavy atom. The lowest BCUT2D eigenvalue weighted by atomic mass is 9.91.